The van der Waals surface area contributed by atoms with Crippen molar-refractivity contribution in [2.45, 2.75) is 31.8 Å². The molecule has 8 nitrogen and oxygen atoms in total. The molecular weight excluding hydrogens is 522 g/mol. The zero-order chi connectivity index (χ0) is 28.1. The summed E-state index contributed by atoms with van der Waals surface area (Å²) in [6.45, 7) is 2.49. The van der Waals surface area contributed by atoms with Crippen LogP contribution in [0.15, 0.2) is 91.3 Å². The van der Waals surface area contributed by atoms with Gasteiger partial charge in [0.25, 0.3) is 0 Å². The quantitative estimate of drug-likeness (QED) is 0.217. The number of aryl methyl sites for hydroxylation is 1. The number of aromatic nitrogens is 2. The molecule has 2 aromatic carbocycles. The first-order valence-corrected chi connectivity index (χ1v) is 13.6. The normalized spacial score (nSPS) is 16.4. The third-order valence-electron chi connectivity index (χ3n) is 7.10. The highest BCUT2D eigenvalue weighted by atomic mass is 32.1. The predicted octanol–water partition coefficient (Wildman–Crippen LogP) is 5.22. The van der Waals surface area contributed by atoms with Crippen molar-refractivity contribution >= 4 is 34.9 Å². The predicted molar refractivity (Wildman–Crippen MR) is 158 cm³/mol. The minimum absolute atomic E-state index is 0.0717. The summed E-state index contributed by atoms with van der Waals surface area (Å²) in [7, 11) is 1.37. The summed E-state index contributed by atoms with van der Waals surface area (Å²) in [6, 6.07) is 24.5. The van der Waals surface area contributed by atoms with Crippen LogP contribution in [0.25, 0.3) is 5.69 Å². The van der Waals surface area contributed by atoms with Gasteiger partial charge in [0.15, 0.2) is 5.11 Å². The number of thiocarbonyl (C=S) groups is 1. The summed E-state index contributed by atoms with van der Waals surface area (Å²) < 4.78 is 6.91. The Morgan fingerprint density at radius 1 is 1.02 bits per heavy atom. The number of carbonyl (C=O) groups is 2. The van der Waals surface area contributed by atoms with E-state index < -0.39 is 0 Å². The van der Waals surface area contributed by atoms with Crippen molar-refractivity contribution < 1.29 is 14.3 Å². The molecule has 1 aliphatic heterocycles. The van der Waals surface area contributed by atoms with Crippen LogP contribution in [0.3, 0.4) is 0 Å². The molecule has 1 saturated heterocycles. The number of ether oxygens (including phenoxy) is 1. The van der Waals surface area contributed by atoms with Gasteiger partial charge in [-0.2, -0.15) is 0 Å². The minimum atomic E-state index is -0.383. The highest BCUT2D eigenvalue weighted by molar-refractivity contribution is 7.80. The standard InChI is InChI=1S/C31H31N5O3S/c1-3-21-9-4-5-10-24(21)33-27(37)17-20-36-29(28(34-31(36)40)25-11-6-7-18-32-25)26-12-8-19-35(26)23-15-13-22(14-16-23)30(38)39-2/h4-16,18-19,28-29H,3,17,20H2,1-2H3,(H,33,37)(H,34,40)/t28-,29+/m0/s1. The van der Waals surface area contributed by atoms with Crippen molar-refractivity contribution in [3.05, 3.63) is 114 Å². The van der Waals surface area contributed by atoms with Gasteiger partial charge in [-0.1, -0.05) is 31.2 Å². The van der Waals surface area contributed by atoms with E-state index in [-0.39, 0.29) is 30.4 Å². The molecule has 2 N–H and O–H groups in total. The van der Waals surface area contributed by atoms with Crippen LogP contribution in [0.1, 0.15) is 52.7 Å². The van der Waals surface area contributed by atoms with Gasteiger partial charge in [-0.3, -0.25) is 9.78 Å². The van der Waals surface area contributed by atoms with E-state index in [1.165, 1.54) is 7.11 Å². The van der Waals surface area contributed by atoms with Gasteiger partial charge in [0.1, 0.15) is 0 Å². The summed E-state index contributed by atoms with van der Waals surface area (Å²) in [6.07, 6.45) is 4.84. The molecule has 1 aliphatic rings. The number of amides is 1. The second-order valence-electron chi connectivity index (χ2n) is 9.47. The van der Waals surface area contributed by atoms with E-state index in [1.807, 2.05) is 66.9 Å². The second-order valence-corrected chi connectivity index (χ2v) is 9.86. The number of esters is 1. The van der Waals surface area contributed by atoms with Crippen LogP contribution in [-0.2, 0) is 16.0 Å². The number of carbonyl (C=O) groups excluding carboxylic acids is 2. The molecule has 0 spiro atoms. The van der Waals surface area contributed by atoms with E-state index in [0.717, 1.165) is 34.7 Å². The van der Waals surface area contributed by atoms with Crippen molar-refractivity contribution in [3.8, 4) is 5.69 Å². The van der Waals surface area contributed by atoms with Crippen molar-refractivity contribution in [2.75, 3.05) is 19.0 Å². The zero-order valence-corrected chi connectivity index (χ0v) is 23.2. The molecule has 0 saturated carbocycles. The maximum atomic E-state index is 13.0. The molecular formula is C31H31N5O3S. The molecule has 0 unspecified atom stereocenters. The van der Waals surface area contributed by atoms with E-state index in [2.05, 4.69) is 38.1 Å². The van der Waals surface area contributed by atoms with Gasteiger partial charge in [0.05, 0.1) is 30.5 Å². The van der Waals surface area contributed by atoms with Gasteiger partial charge in [0.2, 0.25) is 5.91 Å². The second kappa shape index (κ2) is 12.1. The SMILES string of the molecule is CCc1ccccc1NC(=O)CCN1C(=S)N[C@@H](c2ccccn2)[C@H]1c1cccn1-c1ccc(C(=O)OC)cc1. The third kappa shape index (κ3) is 5.60. The molecule has 2 aromatic heterocycles. The number of anilines is 1. The highest BCUT2D eigenvalue weighted by Crippen LogP contribution is 2.39. The zero-order valence-electron chi connectivity index (χ0n) is 22.4. The summed E-state index contributed by atoms with van der Waals surface area (Å²) in [5.41, 5.74) is 5.13. The van der Waals surface area contributed by atoms with E-state index in [4.69, 9.17) is 17.0 Å². The fraction of sp³-hybridized carbons (Fsp3) is 0.226. The lowest BCUT2D eigenvalue weighted by atomic mass is 10.0. The molecule has 9 heteroatoms. The van der Waals surface area contributed by atoms with Gasteiger partial charge in [-0.25, -0.2) is 4.79 Å². The topological polar surface area (TPSA) is 88.5 Å². The first-order chi connectivity index (χ1) is 19.5. The van der Waals surface area contributed by atoms with Gasteiger partial charge >= 0.3 is 5.97 Å². The Hall–Kier alpha value is -4.50. The van der Waals surface area contributed by atoms with Gasteiger partial charge < -0.3 is 24.8 Å². The number of hydrogen-bond acceptors (Lipinski definition) is 5. The monoisotopic (exact) mass is 553 g/mol. The molecule has 3 heterocycles. The maximum Gasteiger partial charge on any atom is 0.337 e. The maximum absolute atomic E-state index is 13.0. The van der Waals surface area contributed by atoms with Gasteiger partial charge in [-0.05, 0) is 78.8 Å². The molecule has 1 amide bonds. The highest BCUT2D eigenvalue weighted by Gasteiger charge is 2.41. The first kappa shape index (κ1) is 27.1. The number of hydrogen-bond donors (Lipinski definition) is 2. The van der Waals surface area contributed by atoms with Crippen LogP contribution in [0, 0.1) is 0 Å². The number of benzene rings is 2. The Morgan fingerprint density at radius 2 is 1.80 bits per heavy atom. The smallest absolute Gasteiger partial charge is 0.337 e. The average Bonchev–Trinajstić information content (AvgIpc) is 3.60. The van der Waals surface area contributed by atoms with Crippen LogP contribution >= 0.6 is 12.2 Å². The Kier molecular flexibility index (Phi) is 8.21. The first-order valence-electron chi connectivity index (χ1n) is 13.2. The van der Waals surface area contributed by atoms with E-state index in [9.17, 15) is 9.59 Å². The molecule has 0 radical (unpaired) electrons. The Balaban J connectivity index is 1.43. The van der Waals surface area contributed by atoms with Crippen LogP contribution in [0.2, 0.25) is 0 Å². The van der Waals surface area contributed by atoms with Crippen LogP contribution in [0.5, 0.6) is 0 Å². The average molecular weight is 554 g/mol. The lowest BCUT2D eigenvalue weighted by Gasteiger charge is -2.29. The van der Waals surface area contributed by atoms with Gasteiger partial charge in [-0.15, -0.1) is 0 Å². The van der Waals surface area contributed by atoms with Crippen molar-refractivity contribution in [1.82, 2.24) is 19.8 Å². The number of methoxy groups -OCH3 is 1. The lowest BCUT2D eigenvalue weighted by molar-refractivity contribution is -0.116. The molecule has 0 bridgehead atoms. The Morgan fingerprint density at radius 3 is 2.52 bits per heavy atom. The Labute approximate surface area is 239 Å². The van der Waals surface area contributed by atoms with Crippen molar-refractivity contribution in [3.63, 3.8) is 0 Å². The molecule has 5 rings (SSSR count). The van der Waals surface area contributed by atoms with Crippen molar-refractivity contribution in [1.29, 1.82) is 0 Å². The van der Waals surface area contributed by atoms with Crippen LogP contribution in [-0.4, -0.2) is 45.1 Å². The van der Waals surface area contributed by atoms with Gasteiger partial charge in [0, 0.05) is 42.4 Å². The van der Waals surface area contributed by atoms with Crippen molar-refractivity contribution in [2.24, 2.45) is 0 Å². The fourth-order valence-corrected chi connectivity index (χ4v) is 5.43. The van der Waals surface area contributed by atoms with E-state index in [1.54, 1.807) is 18.3 Å². The fourth-order valence-electron chi connectivity index (χ4n) is 5.10. The summed E-state index contributed by atoms with van der Waals surface area (Å²) in [5.74, 6) is -0.455. The van der Waals surface area contributed by atoms with Crippen LogP contribution < -0.4 is 10.6 Å². The summed E-state index contributed by atoms with van der Waals surface area (Å²) in [4.78, 5) is 31.7. The number of rotatable bonds is 9. The molecule has 2 atom stereocenters. The molecule has 204 valence electrons. The summed E-state index contributed by atoms with van der Waals surface area (Å²) in [5, 5.41) is 7.08. The minimum Gasteiger partial charge on any atom is -0.465 e. The van der Waals surface area contributed by atoms with E-state index in [0.29, 0.717) is 17.2 Å². The van der Waals surface area contributed by atoms with E-state index >= 15 is 0 Å². The molecule has 0 aliphatic carbocycles. The molecule has 40 heavy (non-hydrogen) atoms. The number of nitrogens with zero attached hydrogens (tertiary/aromatic N) is 3. The third-order valence-corrected chi connectivity index (χ3v) is 7.45. The molecule has 4 aromatic rings. The number of para-hydroxylation sites is 1. The largest absolute Gasteiger partial charge is 0.465 e. The molecule has 1 fully saturated rings. The lowest BCUT2D eigenvalue weighted by Crippen LogP contribution is -2.33. The number of nitrogens with one attached hydrogen (secondary N) is 2. The number of pyridine rings is 1. The summed E-state index contributed by atoms with van der Waals surface area (Å²) >= 11 is 5.80. The van der Waals surface area contributed by atoms with Crippen LogP contribution in [0.4, 0.5) is 5.69 Å². The Bertz CT molecular complexity index is 1500.